The van der Waals surface area contributed by atoms with Crippen molar-refractivity contribution in [3.63, 3.8) is 0 Å². The van der Waals surface area contributed by atoms with E-state index in [1.165, 1.54) is 5.41 Å². The van der Waals surface area contributed by atoms with Gasteiger partial charge in [-0.2, -0.15) is 4.31 Å². The Bertz CT molecular complexity index is 1090. The smallest absolute Gasteiger partial charge is 0.236 e. The van der Waals surface area contributed by atoms with E-state index in [1.807, 2.05) is 61.8 Å². The molecule has 1 aromatic heterocycles. The van der Waals surface area contributed by atoms with Crippen LogP contribution in [0.5, 0.6) is 0 Å². The van der Waals surface area contributed by atoms with Crippen LogP contribution in [0, 0.1) is 12.8 Å². The molecule has 0 radical (unpaired) electrons. The minimum Gasteiger partial charge on any atom is -0.331 e. The Labute approximate surface area is 178 Å². The number of aryl methyl sites for hydroxylation is 1. The lowest BCUT2D eigenvalue weighted by Crippen LogP contribution is -2.38. The molecule has 0 spiro atoms. The molecule has 4 rings (SSSR count). The van der Waals surface area contributed by atoms with Gasteiger partial charge in [0, 0.05) is 43.0 Å². The second kappa shape index (κ2) is 8.98. The molecule has 1 aliphatic heterocycles. The zero-order valence-corrected chi connectivity index (χ0v) is 18.0. The molecule has 0 unspecified atom stereocenters. The Morgan fingerprint density at radius 2 is 1.73 bits per heavy atom. The maximum absolute atomic E-state index is 12.7. The molecule has 2 aromatic carbocycles. The molecule has 1 fully saturated rings. The van der Waals surface area contributed by atoms with Crippen LogP contribution in [0.25, 0.3) is 17.5 Å². The minimum atomic E-state index is -3.39. The van der Waals surface area contributed by atoms with E-state index in [0.29, 0.717) is 19.0 Å². The molecular weight excluding hydrogens is 394 g/mol. The van der Waals surface area contributed by atoms with Gasteiger partial charge in [-0.1, -0.05) is 60.2 Å². The van der Waals surface area contributed by atoms with Crippen LogP contribution in [-0.2, 0) is 16.6 Å². The van der Waals surface area contributed by atoms with E-state index >= 15 is 0 Å². The first kappa shape index (κ1) is 20.6. The molecule has 0 atom stereocenters. The average Bonchev–Trinajstić information content (AvgIpc) is 3.22. The van der Waals surface area contributed by atoms with Crippen LogP contribution in [0.4, 0.5) is 0 Å². The van der Waals surface area contributed by atoms with Gasteiger partial charge in [-0.3, -0.25) is 0 Å². The van der Waals surface area contributed by atoms with Crippen molar-refractivity contribution in [2.24, 2.45) is 5.92 Å². The molecule has 1 saturated heterocycles. The van der Waals surface area contributed by atoms with Crippen molar-refractivity contribution in [1.29, 1.82) is 0 Å². The van der Waals surface area contributed by atoms with Gasteiger partial charge in [0.2, 0.25) is 10.0 Å². The fourth-order valence-electron chi connectivity index (χ4n) is 3.86. The highest BCUT2D eigenvalue weighted by molar-refractivity contribution is 7.92. The van der Waals surface area contributed by atoms with E-state index in [0.717, 1.165) is 41.9 Å². The van der Waals surface area contributed by atoms with Crippen LogP contribution < -0.4 is 0 Å². The highest BCUT2D eigenvalue weighted by Gasteiger charge is 2.26. The molecule has 2 heterocycles. The summed E-state index contributed by atoms with van der Waals surface area (Å²) < 4.78 is 29.2. The van der Waals surface area contributed by atoms with Gasteiger partial charge in [0.05, 0.1) is 0 Å². The molecule has 0 bridgehead atoms. The Balaban J connectivity index is 1.36. The van der Waals surface area contributed by atoms with Gasteiger partial charge in [-0.05, 0) is 37.3 Å². The van der Waals surface area contributed by atoms with Gasteiger partial charge in [-0.15, -0.1) is 0 Å². The highest BCUT2D eigenvalue weighted by Crippen LogP contribution is 2.25. The number of nitrogens with zero attached hydrogens (tertiary/aromatic N) is 3. The summed E-state index contributed by atoms with van der Waals surface area (Å²) in [5, 5.41) is 1.33. The summed E-state index contributed by atoms with van der Waals surface area (Å²) >= 11 is 0. The van der Waals surface area contributed by atoms with Crippen LogP contribution in [0.15, 0.2) is 72.4 Å². The maximum Gasteiger partial charge on any atom is 0.236 e. The van der Waals surface area contributed by atoms with E-state index in [9.17, 15) is 8.42 Å². The Hall–Kier alpha value is -2.70. The Morgan fingerprint density at radius 3 is 2.43 bits per heavy atom. The van der Waals surface area contributed by atoms with Crippen molar-refractivity contribution in [2.75, 3.05) is 13.1 Å². The van der Waals surface area contributed by atoms with Crippen molar-refractivity contribution >= 4 is 16.1 Å². The Morgan fingerprint density at radius 1 is 1.03 bits per heavy atom. The molecule has 156 valence electrons. The van der Waals surface area contributed by atoms with Gasteiger partial charge < -0.3 is 4.57 Å². The van der Waals surface area contributed by atoms with Gasteiger partial charge >= 0.3 is 0 Å². The Kier molecular flexibility index (Phi) is 6.16. The lowest BCUT2D eigenvalue weighted by molar-refractivity contribution is 0.255. The molecule has 0 aliphatic carbocycles. The lowest BCUT2D eigenvalue weighted by atomic mass is 9.98. The number of imidazole rings is 1. The molecule has 1 aliphatic rings. The second-order valence-electron chi connectivity index (χ2n) is 7.87. The number of piperidine rings is 1. The SMILES string of the molecule is Cc1ccc(/C=C/S(=O)(=O)N2CCC(Cn3ccnc3-c3ccccc3)CC2)cc1. The monoisotopic (exact) mass is 421 g/mol. The summed E-state index contributed by atoms with van der Waals surface area (Å²) in [7, 11) is -3.39. The maximum atomic E-state index is 12.7. The first-order valence-corrected chi connectivity index (χ1v) is 11.8. The number of sulfonamides is 1. The largest absolute Gasteiger partial charge is 0.331 e. The summed E-state index contributed by atoms with van der Waals surface area (Å²) in [6, 6.07) is 18.0. The average molecular weight is 422 g/mol. The van der Waals surface area contributed by atoms with Gasteiger partial charge in [-0.25, -0.2) is 13.4 Å². The van der Waals surface area contributed by atoms with Gasteiger partial charge in [0.15, 0.2) is 0 Å². The fourth-order valence-corrected chi connectivity index (χ4v) is 5.08. The molecule has 0 amide bonds. The third-order valence-electron chi connectivity index (χ3n) is 5.65. The zero-order chi connectivity index (χ0) is 21.0. The first-order chi connectivity index (χ1) is 14.5. The molecule has 3 aromatic rings. The summed E-state index contributed by atoms with van der Waals surface area (Å²) in [4.78, 5) is 4.51. The number of hydrogen-bond donors (Lipinski definition) is 0. The summed E-state index contributed by atoms with van der Waals surface area (Å²) in [5.41, 5.74) is 3.15. The highest BCUT2D eigenvalue weighted by atomic mass is 32.2. The van der Waals surface area contributed by atoms with E-state index in [4.69, 9.17) is 0 Å². The third-order valence-corrected chi connectivity index (χ3v) is 7.21. The topological polar surface area (TPSA) is 55.2 Å². The van der Waals surface area contributed by atoms with Crippen LogP contribution >= 0.6 is 0 Å². The number of aromatic nitrogens is 2. The minimum absolute atomic E-state index is 0.439. The van der Waals surface area contributed by atoms with Crippen molar-refractivity contribution in [2.45, 2.75) is 26.3 Å². The van der Waals surface area contributed by atoms with Crippen molar-refractivity contribution in [3.8, 4) is 11.4 Å². The molecule has 0 N–H and O–H groups in total. The predicted molar refractivity (Wildman–Crippen MR) is 121 cm³/mol. The zero-order valence-electron chi connectivity index (χ0n) is 17.2. The first-order valence-electron chi connectivity index (χ1n) is 10.3. The predicted octanol–water partition coefficient (Wildman–Crippen LogP) is 4.57. The van der Waals surface area contributed by atoms with E-state index in [1.54, 1.807) is 10.4 Å². The molecule has 30 heavy (non-hydrogen) atoms. The quantitative estimate of drug-likeness (QED) is 0.586. The summed E-state index contributed by atoms with van der Waals surface area (Å²) in [6.45, 7) is 3.99. The molecule has 6 heteroatoms. The van der Waals surface area contributed by atoms with Crippen molar-refractivity contribution in [3.05, 3.63) is 83.5 Å². The van der Waals surface area contributed by atoms with E-state index < -0.39 is 10.0 Å². The summed E-state index contributed by atoms with van der Waals surface area (Å²) in [5.74, 6) is 1.40. The van der Waals surface area contributed by atoms with Gasteiger partial charge in [0.1, 0.15) is 5.82 Å². The second-order valence-corrected chi connectivity index (χ2v) is 9.69. The molecule has 5 nitrogen and oxygen atoms in total. The molecule has 0 saturated carbocycles. The van der Waals surface area contributed by atoms with Gasteiger partial charge in [0.25, 0.3) is 0 Å². The van der Waals surface area contributed by atoms with Crippen LogP contribution in [0.3, 0.4) is 0 Å². The van der Waals surface area contributed by atoms with Crippen molar-refractivity contribution in [1.82, 2.24) is 13.9 Å². The van der Waals surface area contributed by atoms with E-state index in [-0.39, 0.29) is 0 Å². The van der Waals surface area contributed by atoms with Crippen LogP contribution in [-0.4, -0.2) is 35.4 Å². The fraction of sp³-hybridized carbons (Fsp3) is 0.292. The van der Waals surface area contributed by atoms with Crippen molar-refractivity contribution < 1.29 is 8.42 Å². The standard InChI is InChI=1S/C24H27N3O2S/c1-20-7-9-21(10-8-20)13-18-30(28,29)27-15-11-22(12-16-27)19-26-17-14-25-24(26)23-5-3-2-4-6-23/h2-10,13-14,17-18,22H,11-12,15-16,19H2,1H3/b18-13+. The normalized spacial score (nSPS) is 16.3. The number of rotatable bonds is 6. The van der Waals surface area contributed by atoms with E-state index in [2.05, 4.69) is 21.7 Å². The van der Waals surface area contributed by atoms with Crippen LogP contribution in [0.2, 0.25) is 0 Å². The van der Waals surface area contributed by atoms with Crippen LogP contribution in [0.1, 0.15) is 24.0 Å². The number of hydrogen-bond acceptors (Lipinski definition) is 3. The third kappa shape index (κ3) is 4.89. The number of benzene rings is 2. The summed E-state index contributed by atoms with van der Waals surface area (Å²) in [6.07, 6.45) is 7.22. The molecular formula is C24H27N3O2S. The lowest BCUT2D eigenvalue weighted by Gasteiger charge is -2.30.